The first-order valence-corrected chi connectivity index (χ1v) is 12.8. The van der Waals surface area contributed by atoms with Crippen molar-refractivity contribution in [3.63, 3.8) is 0 Å². The topological polar surface area (TPSA) is 154 Å². The summed E-state index contributed by atoms with van der Waals surface area (Å²) in [5.74, 6) is -0.979. The van der Waals surface area contributed by atoms with Gasteiger partial charge in [-0.3, -0.25) is 19.8 Å². The number of carboxylic acids is 1. The Labute approximate surface area is 221 Å². The Morgan fingerprint density at radius 2 is 1.79 bits per heavy atom. The fourth-order valence-electron chi connectivity index (χ4n) is 5.00. The van der Waals surface area contributed by atoms with Gasteiger partial charge in [0.1, 0.15) is 11.5 Å². The molecule has 10 nitrogen and oxygen atoms in total. The molecule has 0 spiro atoms. The van der Waals surface area contributed by atoms with Gasteiger partial charge in [0.2, 0.25) is 5.91 Å². The molecule has 0 bridgehead atoms. The highest BCUT2D eigenvalue weighted by atomic mass is 16.4. The van der Waals surface area contributed by atoms with Gasteiger partial charge in [0.05, 0.1) is 23.0 Å². The SMILES string of the molecule is Cn1c(=O)c(Cc2ccc(C(=N)N)cc2)nc2cc(CC(C)(NCCC(=O)O)C(=O)N3CCCC3)ccc21. The van der Waals surface area contributed by atoms with E-state index in [-0.39, 0.29) is 30.3 Å². The van der Waals surface area contributed by atoms with Crippen LogP contribution in [0.5, 0.6) is 0 Å². The summed E-state index contributed by atoms with van der Waals surface area (Å²) in [5, 5.41) is 19.9. The molecule has 2 aromatic carbocycles. The fraction of sp³-hybridized carbons (Fsp3) is 0.393. The number of amidine groups is 1. The summed E-state index contributed by atoms with van der Waals surface area (Å²) in [4.78, 5) is 44.1. The molecule has 1 saturated heterocycles. The maximum absolute atomic E-state index is 13.5. The van der Waals surface area contributed by atoms with Gasteiger partial charge in [-0.05, 0) is 49.4 Å². The van der Waals surface area contributed by atoms with Crippen molar-refractivity contribution in [3.8, 4) is 0 Å². The van der Waals surface area contributed by atoms with E-state index in [1.165, 1.54) is 0 Å². The molecule has 3 aromatic rings. The maximum Gasteiger partial charge on any atom is 0.304 e. The molecule has 0 radical (unpaired) electrons. The number of nitrogens with zero attached hydrogens (tertiary/aromatic N) is 3. The highest BCUT2D eigenvalue weighted by molar-refractivity contribution is 5.94. The van der Waals surface area contributed by atoms with Crippen molar-refractivity contribution < 1.29 is 14.7 Å². The Kier molecular flexibility index (Phi) is 7.91. The van der Waals surface area contributed by atoms with Gasteiger partial charge in [-0.25, -0.2) is 4.98 Å². The Hall–Kier alpha value is -4.05. The monoisotopic (exact) mass is 518 g/mol. The van der Waals surface area contributed by atoms with E-state index in [2.05, 4.69) is 5.32 Å². The van der Waals surface area contributed by atoms with Gasteiger partial charge in [0.15, 0.2) is 0 Å². The predicted molar refractivity (Wildman–Crippen MR) is 145 cm³/mol. The molecule has 1 aliphatic rings. The minimum Gasteiger partial charge on any atom is -0.481 e. The highest BCUT2D eigenvalue weighted by Gasteiger charge is 2.37. The van der Waals surface area contributed by atoms with Crippen molar-refractivity contribution >= 4 is 28.7 Å². The van der Waals surface area contributed by atoms with Crippen LogP contribution in [0.25, 0.3) is 11.0 Å². The maximum atomic E-state index is 13.5. The normalized spacial score (nSPS) is 14.9. The van der Waals surface area contributed by atoms with Gasteiger partial charge in [-0.2, -0.15) is 0 Å². The van der Waals surface area contributed by atoms with Gasteiger partial charge >= 0.3 is 5.97 Å². The number of benzene rings is 2. The summed E-state index contributed by atoms with van der Waals surface area (Å²) in [6.45, 7) is 3.41. The van der Waals surface area contributed by atoms with Crippen LogP contribution in [0.1, 0.15) is 48.6 Å². The van der Waals surface area contributed by atoms with Crippen molar-refractivity contribution in [1.29, 1.82) is 5.41 Å². The fourth-order valence-corrected chi connectivity index (χ4v) is 5.00. The zero-order valence-electron chi connectivity index (χ0n) is 21.8. The number of hydrogen-bond donors (Lipinski definition) is 4. The molecule has 1 amide bonds. The van der Waals surface area contributed by atoms with E-state index >= 15 is 0 Å². The number of aliphatic carboxylic acids is 1. The van der Waals surface area contributed by atoms with Crippen LogP contribution in [-0.2, 0) is 29.5 Å². The van der Waals surface area contributed by atoms with Crippen LogP contribution in [0.2, 0.25) is 0 Å². The van der Waals surface area contributed by atoms with Gasteiger partial charge in [0, 0.05) is 38.7 Å². The van der Waals surface area contributed by atoms with Crippen molar-refractivity contribution in [2.24, 2.45) is 12.8 Å². The molecule has 10 heteroatoms. The van der Waals surface area contributed by atoms with Crippen LogP contribution < -0.4 is 16.6 Å². The summed E-state index contributed by atoms with van der Waals surface area (Å²) >= 11 is 0. The van der Waals surface area contributed by atoms with E-state index in [0.29, 0.717) is 48.2 Å². The van der Waals surface area contributed by atoms with Crippen molar-refractivity contribution in [2.45, 2.75) is 44.6 Å². The van der Waals surface area contributed by atoms with Gasteiger partial charge in [-0.15, -0.1) is 0 Å². The van der Waals surface area contributed by atoms with E-state index < -0.39 is 11.5 Å². The number of nitrogen functional groups attached to an aromatic ring is 1. The lowest BCUT2D eigenvalue weighted by Gasteiger charge is -2.34. The number of hydrogen-bond acceptors (Lipinski definition) is 6. The number of fused-ring (bicyclic) bond motifs is 1. The third kappa shape index (κ3) is 5.91. The van der Waals surface area contributed by atoms with E-state index in [9.17, 15) is 14.4 Å². The molecular weight excluding hydrogens is 484 g/mol. The largest absolute Gasteiger partial charge is 0.481 e. The summed E-state index contributed by atoms with van der Waals surface area (Å²) in [5.41, 5.74) is 8.43. The zero-order chi connectivity index (χ0) is 27.4. The first kappa shape index (κ1) is 27.0. The number of amides is 1. The molecule has 200 valence electrons. The smallest absolute Gasteiger partial charge is 0.304 e. The minimum absolute atomic E-state index is 0.0171. The predicted octanol–water partition coefficient (Wildman–Crippen LogP) is 1.80. The number of rotatable bonds is 10. The lowest BCUT2D eigenvalue weighted by atomic mass is 9.90. The first-order chi connectivity index (χ1) is 18.1. The number of nitrogens with two attached hydrogens (primary N) is 1. The Morgan fingerprint density at radius 3 is 2.42 bits per heavy atom. The molecule has 4 rings (SSSR count). The molecule has 5 N–H and O–H groups in total. The van der Waals surface area contributed by atoms with Crippen LogP contribution >= 0.6 is 0 Å². The molecule has 0 saturated carbocycles. The lowest BCUT2D eigenvalue weighted by Crippen LogP contribution is -2.57. The van der Waals surface area contributed by atoms with E-state index in [0.717, 1.165) is 24.0 Å². The standard InChI is InChI=1S/C28H34N6O4/c1-28(31-12-11-24(35)36,27(38)34-13-3-4-14-34)17-19-7-10-23-21(16-19)32-22(26(37)33(23)2)15-18-5-8-20(9-6-18)25(29)30/h5-10,16,31H,3-4,11-15,17H2,1-2H3,(H3,29,30)(H,35,36). The van der Waals surface area contributed by atoms with E-state index in [1.807, 2.05) is 42.2 Å². The molecule has 1 fully saturated rings. The summed E-state index contributed by atoms with van der Waals surface area (Å²) in [7, 11) is 1.71. The number of carboxylic acid groups (broad SMARTS) is 1. The Bertz CT molecular complexity index is 1430. The Morgan fingerprint density at radius 1 is 1.13 bits per heavy atom. The molecule has 2 heterocycles. The highest BCUT2D eigenvalue weighted by Crippen LogP contribution is 2.22. The molecule has 1 aliphatic heterocycles. The van der Waals surface area contributed by atoms with Gasteiger partial charge < -0.3 is 25.6 Å². The number of likely N-dealkylation sites (tertiary alicyclic amines) is 1. The van der Waals surface area contributed by atoms with E-state index in [1.54, 1.807) is 23.7 Å². The third-order valence-electron chi connectivity index (χ3n) is 7.12. The minimum atomic E-state index is -0.977. The second-order valence-corrected chi connectivity index (χ2v) is 10.1. The number of carbonyl (C=O) groups excluding carboxylic acids is 1. The number of aromatic nitrogens is 2. The molecule has 1 atom stereocenters. The van der Waals surface area contributed by atoms with Crippen LogP contribution in [-0.4, -0.2) is 62.4 Å². The van der Waals surface area contributed by atoms with Crippen LogP contribution in [0, 0.1) is 5.41 Å². The number of carbonyl (C=O) groups is 2. The van der Waals surface area contributed by atoms with Crippen LogP contribution in [0.15, 0.2) is 47.3 Å². The summed E-state index contributed by atoms with van der Waals surface area (Å²) in [6, 6.07) is 12.8. The quantitative estimate of drug-likeness (QED) is 0.236. The molecule has 1 unspecified atom stereocenters. The Balaban J connectivity index is 1.64. The average molecular weight is 519 g/mol. The lowest BCUT2D eigenvalue weighted by molar-refractivity contribution is -0.139. The van der Waals surface area contributed by atoms with Crippen LogP contribution in [0.3, 0.4) is 0 Å². The van der Waals surface area contributed by atoms with Crippen molar-refractivity contribution in [1.82, 2.24) is 19.8 Å². The van der Waals surface area contributed by atoms with Crippen molar-refractivity contribution in [3.05, 3.63) is 75.2 Å². The second kappa shape index (κ2) is 11.1. The summed E-state index contributed by atoms with van der Waals surface area (Å²) in [6.07, 6.45) is 2.52. The van der Waals surface area contributed by atoms with Gasteiger partial charge in [0.25, 0.3) is 5.56 Å². The average Bonchev–Trinajstić information content (AvgIpc) is 3.41. The third-order valence-corrected chi connectivity index (χ3v) is 7.12. The molecule has 0 aliphatic carbocycles. The van der Waals surface area contributed by atoms with Crippen LogP contribution in [0.4, 0.5) is 0 Å². The molecule has 38 heavy (non-hydrogen) atoms. The number of aryl methyl sites for hydroxylation is 1. The van der Waals surface area contributed by atoms with E-state index in [4.69, 9.17) is 21.2 Å². The zero-order valence-corrected chi connectivity index (χ0v) is 21.8. The van der Waals surface area contributed by atoms with Crippen molar-refractivity contribution in [2.75, 3.05) is 19.6 Å². The summed E-state index contributed by atoms with van der Waals surface area (Å²) < 4.78 is 1.57. The second-order valence-electron chi connectivity index (χ2n) is 10.1. The number of nitrogens with one attached hydrogen (secondary N) is 2. The first-order valence-electron chi connectivity index (χ1n) is 12.8. The molecular formula is C28H34N6O4. The van der Waals surface area contributed by atoms with Gasteiger partial charge in [-0.1, -0.05) is 30.3 Å². The molecule has 1 aromatic heterocycles.